The molecule has 1 amide bonds. The topological polar surface area (TPSA) is 34.0 Å². The maximum atomic E-state index is 13.5. The zero-order valence-electron chi connectivity index (χ0n) is 10.5. The van der Waals surface area contributed by atoms with E-state index in [2.05, 4.69) is 5.32 Å². The van der Waals surface area contributed by atoms with Crippen molar-refractivity contribution >= 4 is 17.5 Å². The van der Waals surface area contributed by atoms with Gasteiger partial charge in [-0.2, -0.15) is 0 Å². The van der Waals surface area contributed by atoms with Crippen molar-refractivity contribution in [2.45, 2.75) is 6.42 Å². The maximum Gasteiger partial charge on any atom is 0.255 e. The van der Waals surface area contributed by atoms with E-state index in [9.17, 15) is 9.18 Å². The van der Waals surface area contributed by atoms with Crippen LogP contribution in [0.3, 0.4) is 0 Å². The lowest BCUT2D eigenvalue weighted by Gasteiger charge is -2.07. The molecule has 0 aliphatic heterocycles. The van der Waals surface area contributed by atoms with Gasteiger partial charge in [0.15, 0.2) is 0 Å². The summed E-state index contributed by atoms with van der Waals surface area (Å²) in [5.41, 5.74) is 1.01. The van der Waals surface area contributed by atoms with Crippen molar-refractivity contribution in [2.75, 3.05) is 6.54 Å². The fourth-order valence-electron chi connectivity index (χ4n) is 1.83. The van der Waals surface area contributed by atoms with Crippen molar-refractivity contribution in [1.82, 2.24) is 9.88 Å². The standard InChI is InChI=1S/C14H14ClFN2O/c1-18-8-6-10(9-18)5-7-17-14(19)13-11(15)3-2-4-12(13)16/h2-4,6,8-9H,5,7H2,1H3,(H,17,19). The van der Waals surface area contributed by atoms with Crippen LogP contribution in [0.25, 0.3) is 0 Å². The molecular weight excluding hydrogens is 267 g/mol. The van der Waals surface area contributed by atoms with Gasteiger partial charge in [0.1, 0.15) is 5.82 Å². The Morgan fingerprint density at radius 2 is 2.21 bits per heavy atom. The molecule has 0 aliphatic rings. The SMILES string of the molecule is Cn1ccc(CCNC(=O)c2c(F)cccc2Cl)c1. The molecule has 5 heteroatoms. The first-order valence-corrected chi connectivity index (χ1v) is 6.29. The van der Waals surface area contributed by atoms with E-state index < -0.39 is 11.7 Å². The Morgan fingerprint density at radius 3 is 2.84 bits per heavy atom. The van der Waals surface area contributed by atoms with Crippen molar-refractivity contribution in [1.29, 1.82) is 0 Å². The Balaban J connectivity index is 1.94. The highest BCUT2D eigenvalue weighted by atomic mass is 35.5. The Kier molecular flexibility index (Phi) is 4.22. The van der Waals surface area contributed by atoms with Crippen LogP contribution in [0.5, 0.6) is 0 Å². The number of hydrogen-bond acceptors (Lipinski definition) is 1. The molecular formula is C14H14ClFN2O. The molecule has 0 aliphatic carbocycles. The van der Waals surface area contributed by atoms with E-state index in [4.69, 9.17) is 11.6 Å². The Labute approximate surface area is 116 Å². The molecule has 1 heterocycles. The largest absolute Gasteiger partial charge is 0.357 e. The fraction of sp³-hybridized carbons (Fsp3) is 0.214. The summed E-state index contributed by atoms with van der Waals surface area (Å²) in [6.45, 7) is 0.438. The smallest absolute Gasteiger partial charge is 0.255 e. The number of aromatic nitrogens is 1. The normalized spacial score (nSPS) is 10.5. The van der Waals surface area contributed by atoms with Gasteiger partial charge in [-0.25, -0.2) is 4.39 Å². The van der Waals surface area contributed by atoms with Crippen molar-refractivity contribution in [3.63, 3.8) is 0 Å². The van der Waals surface area contributed by atoms with Crippen LogP contribution in [-0.4, -0.2) is 17.0 Å². The molecule has 0 radical (unpaired) electrons. The van der Waals surface area contributed by atoms with Gasteiger partial charge in [-0.15, -0.1) is 0 Å². The highest BCUT2D eigenvalue weighted by Crippen LogP contribution is 2.18. The number of carbonyl (C=O) groups excluding carboxylic acids is 1. The number of benzene rings is 1. The van der Waals surface area contributed by atoms with Gasteiger partial charge in [-0.1, -0.05) is 17.7 Å². The molecule has 0 unspecified atom stereocenters. The first kappa shape index (κ1) is 13.6. The van der Waals surface area contributed by atoms with E-state index >= 15 is 0 Å². The van der Waals surface area contributed by atoms with E-state index in [1.807, 2.05) is 30.1 Å². The number of aryl methyl sites for hydroxylation is 1. The number of hydrogen-bond donors (Lipinski definition) is 1. The predicted molar refractivity (Wildman–Crippen MR) is 72.9 cm³/mol. The van der Waals surface area contributed by atoms with Gasteiger partial charge in [0, 0.05) is 26.0 Å². The summed E-state index contributed by atoms with van der Waals surface area (Å²) >= 11 is 5.82. The lowest BCUT2D eigenvalue weighted by molar-refractivity contribution is 0.0950. The van der Waals surface area contributed by atoms with Gasteiger partial charge < -0.3 is 9.88 Å². The molecule has 1 aromatic carbocycles. The molecule has 0 saturated heterocycles. The molecule has 0 atom stereocenters. The van der Waals surface area contributed by atoms with Crippen LogP contribution in [0, 0.1) is 5.82 Å². The highest BCUT2D eigenvalue weighted by Gasteiger charge is 2.14. The lowest BCUT2D eigenvalue weighted by Crippen LogP contribution is -2.26. The zero-order chi connectivity index (χ0) is 13.8. The molecule has 0 spiro atoms. The zero-order valence-corrected chi connectivity index (χ0v) is 11.2. The molecule has 0 bridgehead atoms. The molecule has 2 rings (SSSR count). The Bertz CT molecular complexity index is 575. The number of nitrogens with zero attached hydrogens (tertiary/aromatic N) is 1. The molecule has 0 saturated carbocycles. The van der Waals surface area contributed by atoms with E-state index in [-0.39, 0.29) is 10.6 Å². The number of nitrogens with one attached hydrogen (secondary N) is 1. The summed E-state index contributed by atoms with van der Waals surface area (Å²) in [5.74, 6) is -1.09. The first-order valence-electron chi connectivity index (χ1n) is 5.91. The van der Waals surface area contributed by atoms with Gasteiger partial charge in [0.25, 0.3) is 5.91 Å². The van der Waals surface area contributed by atoms with Crippen LogP contribution < -0.4 is 5.32 Å². The maximum absolute atomic E-state index is 13.5. The number of carbonyl (C=O) groups is 1. The number of amides is 1. The van der Waals surface area contributed by atoms with Crippen LogP contribution in [0.15, 0.2) is 36.7 Å². The van der Waals surface area contributed by atoms with E-state index in [0.717, 1.165) is 5.56 Å². The number of rotatable bonds is 4. The minimum atomic E-state index is -0.607. The second-order valence-corrected chi connectivity index (χ2v) is 4.69. The third-order valence-corrected chi connectivity index (χ3v) is 3.10. The highest BCUT2D eigenvalue weighted by molar-refractivity contribution is 6.33. The van der Waals surface area contributed by atoms with Crippen molar-refractivity contribution in [3.05, 3.63) is 58.6 Å². The second kappa shape index (κ2) is 5.89. The quantitative estimate of drug-likeness (QED) is 0.918. The molecule has 19 heavy (non-hydrogen) atoms. The van der Waals surface area contributed by atoms with Crippen LogP contribution in [-0.2, 0) is 13.5 Å². The lowest BCUT2D eigenvalue weighted by atomic mass is 10.2. The van der Waals surface area contributed by atoms with Gasteiger partial charge in [0.2, 0.25) is 0 Å². The van der Waals surface area contributed by atoms with E-state index in [0.29, 0.717) is 13.0 Å². The van der Waals surface area contributed by atoms with Crippen LogP contribution in [0.4, 0.5) is 4.39 Å². The third-order valence-electron chi connectivity index (χ3n) is 2.78. The summed E-state index contributed by atoms with van der Waals surface area (Å²) in [5, 5.41) is 2.79. The third kappa shape index (κ3) is 3.35. The van der Waals surface area contributed by atoms with Crippen LogP contribution in [0.2, 0.25) is 5.02 Å². The molecule has 0 fully saturated rings. The van der Waals surface area contributed by atoms with E-state index in [1.165, 1.54) is 18.2 Å². The Morgan fingerprint density at radius 1 is 1.42 bits per heavy atom. The summed E-state index contributed by atoms with van der Waals surface area (Å²) in [7, 11) is 1.93. The van der Waals surface area contributed by atoms with Gasteiger partial charge in [-0.3, -0.25) is 4.79 Å². The molecule has 3 nitrogen and oxygen atoms in total. The first-order chi connectivity index (χ1) is 9.08. The van der Waals surface area contributed by atoms with Crippen LogP contribution in [0.1, 0.15) is 15.9 Å². The number of halogens is 2. The van der Waals surface area contributed by atoms with Gasteiger partial charge in [-0.05, 0) is 30.2 Å². The molecule has 1 aromatic heterocycles. The Hall–Kier alpha value is -1.81. The fourth-order valence-corrected chi connectivity index (χ4v) is 2.08. The second-order valence-electron chi connectivity index (χ2n) is 4.29. The monoisotopic (exact) mass is 280 g/mol. The summed E-state index contributed by atoms with van der Waals surface area (Å²) in [4.78, 5) is 11.8. The van der Waals surface area contributed by atoms with Gasteiger partial charge >= 0.3 is 0 Å². The predicted octanol–water partition coefficient (Wildman–Crippen LogP) is 2.79. The molecule has 100 valence electrons. The summed E-state index contributed by atoms with van der Waals surface area (Å²) in [6.07, 6.45) is 4.60. The van der Waals surface area contributed by atoms with Crippen molar-refractivity contribution in [3.8, 4) is 0 Å². The minimum absolute atomic E-state index is 0.0998. The van der Waals surface area contributed by atoms with E-state index in [1.54, 1.807) is 0 Å². The summed E-state index contributed by atoms with van der Waals surface area (Å²) < 4.78 is 15.4. The van der Waals surface area contributed by atoms with Crippen molar-refractivity contribution in [2.24, 2.45) is 7.05 Å². The average Bonchev–Trinajstić information content (AvgIpc) is 2.75. The molecule has 2 aromatic rings. The summed E-state index contributed by atoms with van der Waals surface area (Å²) in [6, 6.07) is 6.16. The van der Waals surface area contributed by atoms with Crippen molar-refractivity contribution < 1.29 is 9.18 Å². The molecule has 1 N–H and O–H groups in total. The average molecular weight is 281 g/mol. The minimum Gasteiger partial charge on any atom is -0.357 e. The van der Waals surface area contributed by atoms with Crippen LogP contribution >= 0.6 is 11.6 Å². The van der Waals surface area contributed by atoms with Gasteiger partial charge in [0.05, 0.1) is 10.6 Å².